The summed E-state index contributed by atoms with van der Waals surface area (Å²) in [6.45, 7) is 3.90. The molecule has 3 N–H and O–H groups in total. The predicted molar refractivity (Wildman–Crippen MR) is 100 cm³/mol. The molecule has 0 bridgehead atoms. The summed E-state index contributed by atoms with van der Waals surface area (Å²) in [6.07, 6.45) is 0.671. The first-order valence-corrected chi connectivity index (χ1v) is 8.58. The Kier molecular flexibility index (Phi) is 5.48. The van der Waals surface area contributed by atoms with Gasteiger partial charge in [-0.3, -0.25) is 4.79 Å². The molecule has 2 aromatic rings. The van der Waals surface area contributed by atoms with Gasteiger partial charge >= 0.3 is 0 Å². The van der Waals surface area contributed by atoms with E-state index in [-0.39, 0.29) is 18.0 Å². The largest absolute Gasteiger partial charge is 0.271 e. The minimum Gasteiger partial charge on any atom is -0.271 e. The number of rotatable bonds is 4. The Balaban J connectivity index is 1.57. The molecule has 6 heteroatoms. The van der Waals surface area contributed by atoms with Crippen LogP contribution in [0.4, 0.5) is 0 Å². The molecule has 1 fully saturated rings. The van der Waals surface area contributed by atoms with Crippen molar-refractivity contribution in [1.29, 1.82) is 0 Å². The van der Waals surface area contributed by atoms with E-state index in [2.05, 4.69) is 52.6 Å². The molecule has 0 saturated carbocycles. The van der Waals surface area contributed by atoms with Crippen molar-refractivity contribution >= 4 is 23.2 Å². The molecule has 3 rings (SSSR count). The number of hydrazine groups is 1. The highest BCUT2D eigenvalue weighted by atomic mass is 35.5. The normalized spacial score (nSPS) is 20.5. The standard InChI is InChI=1S/C19H21ClN4O/c1-12-3-5-15(6-4-12)17-11-18(23-22-17)19(25)24-21-13(2)14-7-9-16(20)10-8-14/h3-10,17-18,22-23H,11H2,1-2H3,(H,24,25)/b21-13-. The molecule has 1 aliphatic rings. The highest BCUT2D eigenvalue weighted by molar-refractivity contribution is 6.30. The smallest absolute Gasteiger partial charge is 0.258 e. The molecule has 1 amide bonds. The van der Waals surface area contributed by atoms with Gasteiger partial charge in [-0.25, -0.2) is 16.3 Å². The molecule has 2 atom stereocenters. The van der Waals surface area contributed by atoms with Crippen molar-refractivity contribution in [2.24, 2.45) is 5.10 Å². The number of carbonyl (C=O) groups is 1. The Bertz CT molecular complexity index is 771. The van der Waals surface area contributed by atoms with Crippen molar-refractivity contribution in [3.05, 3.63) is 70.2 Å². The SMILES string of the molecule is C/C(=N/NC(=O)C1CC(c2ccc(C)cc2)NN1)c1ccc(Cl)cc1. The molecule has 5 nitrogen and oxygen atoms in total. The van der Waals surface area contributed by atoms with Gasteiger partial charge in [0.05, 0.1) is 5.71 Å². The van der Waals surface area contributed by atoms with Crippen LogP contribution >= 0.6 is 11.6 Å². The van der Waals surface area contributed by atoms with Crippen LogP contribution in [-0.2, 0) is 4.79 Å². The number of halogens is 1. The summed E-state index contributed by atoms with van der Waals surface area (Å²) in [5, 5.41) is 4.85. The molecule has 1 saturated heterocycles. The van der Waals surface area contributed by atoms with Crippen molar-refractivity contribution in [3.8, 4) is 0 Å². The zero-order valence-corrected chi connectivity index (χ0v) is 15.0. The van der Waals surface area contributed by atoms with Gasteiger partial charge < -0.3 is 0 Å². The van der Waals surface area contributed by atoms with E-state index < -0.39 is 0 Å². The second kappa shape index (κ2) is 7.78. The van der Waals surface area contributed by atoms with Crippen LogP contribution < -0.4 is 16.3 Å². The number of hydrogen-bond donors (Lipinski definition) is 3. The monoisotopic (exact) mass is 356 g/mol. The van der Waals surface area contributed by atoms with Crippen LogP contribution in [0.5, 0.6) is 0 Å². The Morgan fingerprint density at radius 3 is 2.48 bits per heavy atom. The van der Waals surface area contributed by atoms with Crippen molar-refractivity contribution in [2.75, 3.05) is 0 Å². The second-order valence-electron chi connectivity index (χ2n) is 6.22. The van der Waals surface area contributed by atoms with Crippen LogP contribution in [0.25, 0.3) is 0 Å². The maximum atomic E-state index is 12.3. The minimum atomic E-state index is -0.326. The fourth-order valence-corrected chi connectivity index (χ4v) is 2.84. The Morgan fingerprint density at radius 2 is 1.80 bits per heavy atom. The van der Waals surface area contributed by atoms with E-state index in [0.29, 0.717) is 11.4 Å². The van der Waals surface area contributed by atoms with E-state index in [4.69, 9.17) is 11.6 Å². The van der Waals surface area contributed by atoms with Crippen LogP contribution in [0, 0.1) is 6.92 Å². The van der Waals surface area contributed by atoms with Gasteiger partial charge in [-0.05, 0) is 43.5 Å². The molecule has 1 heterocycles. The molecule has 0 spiro atoms. The Morgan fingerprint density at radius 1 is 1.12 bits per heavy atom. The summed E-state index contributed by atoms with van der Waals surface area (Å²) >= 11 is 5.88. The molecular weight excluding hydrogens is 336 g/mol. The lowest BCUT2D eigenvalue weighted by Crippen LogP contribution is -2.41. The van der Waals surface area contributed by atoms with Crippen molar-refractivity contribution in [3.63, 3.8) is 0 Å². The lowest BCUT2D eigenvalue weighted by Gasteiger charge is -2.10. The average molecular weight is 357 g/mol. The summed E-state index contributed by atoms with van der Waals surface area (Å²) in [5.74, 6) is -0.157. The van der Waals surface area contributed by atoms with Gasteiger partial charge in [0.25, 0.3) is 5.91 Å². The van der Waals surface area contributed by atoms with Gasteiger partial charge in [0.1, 0.15) is 6.04 Å². The van der Waals surface area contributed by atoms with Gasteiger partial charge in [-0.15, -0.1) is 0 Å². The fourth-order valence-electron chi connectivity index (χ4n) is 2.72. The number of nitrogens with zero attached hydrogens (tertiary/aromatic N) is 1. The first kappa shape index (κ1) is 17.6. The summed E-state index contributed by atoms with van der Waals surface area (Å²) in [4.78, 5) is 12.3. The van der Waals surface area contributed by atoms with Crippen LogP contribution in [0.3, 0.4) is 0 Å². The summed E-state index contributed by atoms with van der Waals surface area (Å²) in [5.41, 5.74) is 12.9. The van der Waals surface area contributed by atoms with Crippen LogP contribution in [0.2, 0.25) is 5.02 Å². The maximum Gasteiger partial charge on any atom is 0.258 e. The number of aryl methyl sites for hydroxylation is 1. The fraction of sp³-hybridized carbons (Fsp3) is 0.263. The molecule has 0 aromatic heterocycles. The van der Waals surface area contributed by atoms with Crippen LogP contribution in [0.15, 0.2) is 53.6 Å². The molecule has 2 unspecified atom stereocenters. The molecule has 25 heavy (non-hydrogen) atoms. The lowest BCUT2D eigenvalue weighted by molar-refractivity contribution is -0.122. The molecule has 0 radical (unpaired) electrons. The molecule has 0 aliphatic carbocycles. The van der Waals surface area contributed by atoms with Gasteiger partial charge in [0.15, 0.2) is 0 Å². The molecule has 2 aromatic carbocycles. The maximum absolute atomic E-state index is 12.3. The highest BCUT2D eigenvalue weighted by Crippen LogP contribution is 2.22. The zero-order valence-electron chi connectivity index (χ0n) is 14.2. The summed E-state index contributed by atoms with van der Waals surface area (Å²) in [6, 6.07) is 15.4. The first-order chi connectivity index (χ1) is 12.0. The van der Waals surface area contributed by atoms with E-state index in [1.54, 1.807) is 12.1 Å². The number of hydrogen-bond acceptors (Lipinski definition) is 4. The molecule has 130 valence electrons. The Hall–Kier alpha value is -2.21. The summed E-state index contributed by atoms with van der Waals surface area (Å²) < 4.78 is 0. The van der Waals surface area contributed by atoms with E-state index in [0.717, 1.165) is 16.8 Å². The van der Waals surface area contributed by atoms with Crippen molar-refractivity contribution < 1.29 is 4.79 Å². The first-order valence-electron chi connectivity index (χ1n) is 8.20. The van der Waals surface area contributed by atoms with Gasteiger partial charge in [0.2, 0.25) is 0 Å². The van der Waals surface area contributed by atoms with Crippen LogP contribution in [-0.4, -0.2) is 17.7 Å². The van der Waals surface area contributed by atoms with E-state index in [9.17, 15) is 4.79 Å². The zero-order chi connectivity index (χ0) is 17.8. The van der Waals surface area contributed by atoms with E-state index >= 15 is 0 Å². The molecular formula is C19H21ClN4O. The highest BCUT2D eigenvalue weighted by Gasteiger charge is 2.30. The van der Waals surface area contributed by atoms with Crippen molar-refractivity contribution in [1.82, 2.24) is 16.3 Å². The number of benzene rings is 2. The summed E-state index contributed by atoms with van der Waals surface area (Å²) in [7, 11) is 0. The number of nitrogens with one attached hydrogen (secondary N) is 3. The lowest BCUT2D eigenvalue weighted by atomic mass is 10.0. The third kappa shape index (κ3) is 4.45. The number of carbonyl (C=O) groups excluding carboxylic acids is 1. The molecule has 1 aliphatic heterocycles. The second-order valence-corrected chi connectivity index (χ2v) is 6.66. The quantitative estimate of drug-likeness (QED) is 0.582. The van der Waals surface area contributed by atoms with E-state index in [1.807, 2.05) is 19.1 Å². The number of hydrazone groups is 1. The van der Waals surface area contributed by atoms with Crippen molar-refractivity contribution in [2.45, 2.75) is 32.4 Å². The third-order valence-corrected chi connectivity index (χ3v) is 4.55. The van der Waals surface area contributed by atoms with E-state index in [1.165, 1.54) is 5.56 Å². The van der Waals surface area contributed by atoms with Gasteiger partial charge in [-0.2, -0.15) is 5.10 Å². The third-order valence-electron chi connectivity index (χ3n) is 4.30. The topological polar surface area (TPSA) is 65.5 Å². The van der Waals surface area contributed by atoms with Crippen LogP contribution in [0.1, 0.15) is 36.1 Å². The predicted octanol–water partition coefficient (Wildman–Crippen LogP) is 3.10. The average Bonchev–Trinajstić information content (AvgIpc) is 3.11. The number of amides is 1. The minimum absolute atomic E-state index is 0.109. The van der Waals surface area contributed by atoms with Gasteiger partial charge in [-0.1, -0.05) is 53.6 Å². The van der Waals surface area contributed by atoms with Gasteiger partial charge in [0, 0.05) is 11.1 Å². The Labute approximate surface area is 152 Å².